The molecule has 106 valence electrons. The Morgan fingerprint density at radius 3 is 2.53 bits per heavy atom. The summed E-state index contributed by atoms with van der Waals surface area (Å²) in [4.78, 5) is 0. The molecule has 0 saturated heterocycles. The molecule has 1 aliphatic carbocycles. The number of benzene rings is 1. The average molecular weight is 266 g/mol. The van der Waals surface area contributed by atoms with Crippen LogP contribution in [0.4, 0.5) is 4.39 Å². The second-order valence-electron chi connectivity index (χ2n) is 5.55. The average Bonchev–Trinajstić information content (AvgIpc) is 2.44. The number of aryl methyl sites for hydroxylation is 1. The van der Waals surface area contributed by atoms with Crippen molar-refractivity contribution >= 4 is 0 Å². The molecule has 0 heterocycles. The zero-order valence-corrected chi connectivity index (χ0v) is 11.7. The molecule has 2 rings (SSSR count). The topological polar surface area (TPSA) is 29.5 Å². The van der Waals surface area contributed by atoms with Crippen LogP contribution in [0, 0.1) is 18.7 Å². The lowest BCUT2D eigenvalue weighted by Crippen LogP contribution is -2.31. The summed E-state index contributed by atoms with van der Waals surface area (Å²) in [5.74, 6) is 0.168. The Morgan fingerprint density at radius 1 is 1.26 bits per heavy atom. The number of hydrogen-bond donors (Lipinski definition) is 1. The monoisotopic (exact) mass is 266 g/mol. The maximum Gasteiger partial charge on any atom is 0.126 e. The van der Waals surface area contributed by atoms with Crippen molar-refractivity contribution in [3.05, 3.63) is 35.1 Å². The highest BCUT2D eigenvalue weighted by molar-refractivity contribution is 5.26. The first-order valence-corrected chi connectivity index (χ1v) is 7.10. The molecular weight excluding hydrogens is 243 g/mol. The summed E-state index contributed by atoms with van der Waals surface area (Å²) in [6.45, 7) is 1.72. The van der Waals surface area contributed by atoms with Crippen molar-refractivity contribution in [2.45, 2.75) is 51.2 Å². The van der Waals surface area contributed by atoms with Gasteiger partial charge in [-0.3, -0.25) is 0 Å². The Kier molecular flexibility index (Phi) is 4.94. The minimum atomic E-state index is -0.674. The van der Waals surface area contributed by atoms with Crippen molar-refractivity contribution in [1.82, 2.24) is 0 Å². The summed E-state index contributed by atoms with van der Waals surface area (Å²) in [6.07, 6.45) is 5.04. The summed E-state index contributed by atoms with van der Waals surface area (Å²) < 4.78 is 18.8. The van der Waals surface area contributed by atoms with Gasteiger partial charge in [-0.05, 0) is 42.9 Å². The predicted octanol–water partition coefficient (Wildman–Crippen LogP) is 3.76. The van der Waals surface area contributed by atoms with Gasteiger partial charge in [0.25, 0.3) is 0 Å². The number of aliphatic hydroxyl groups is 1. The number of ether oxygens (including phenoxy) is 1. The van der Waals surface area contributed by atoms with Gasteiger partial charge in [-0.15, -0.1) is 0 Å². The minimum absolute atomic E-state index is 0.190. The lowest BCUT2D eigenvalue weighted by molar-refractivity contribution is -0.0559. The van der Waals surface area contributed by atoms with Gasteiger partial charge in [0.15, 0.2) is 0 Å². The fourth-order valence-electron chi connectivity index (χ4n) is 3.08. The van der Waals surface area contributed by atoms with E-state index >= 15 is 0 Å². The smallest absolute Gasteiger partial charge is 0.126 e. The molecule has 0 amide bonds. The molecule has 2 atom stereocenters. The Balaban J connectivity index is 2.14. The zero-order chi connectivity index (χ0) is 13.8. The quantitative estimate of drug-likeness (QED) is 0.899. The molecule has 2 unspecified atom stereocenters. The number of halogens is 1. The molecule has 0 aliphatic heterocycles. The zero-order valence-electron chi connectivity index (χ0n) is 11.7. The number of methoxy groups -OCH3 is 1. The molecule has 1 aromatic rings. The third-order valence-corrected chi connectivity index (χ3v) is 4.22. The molecule has 0 radical (unpaired) electrons. The van der Waals surface area contributed by atoms with Crippen molar-refractivity contribution in [2.75, 3.05) is 7.11 Å². The van der Waals surface area contributed by atoms with E-state index in [-0.39, 0.29) is 11.9 Å². The normalized spacial score (nSPS) is 20.2. The van der Waals surface area contributed by atoms with Crippen LogP contribution in [0.15, 0.2) is 18.2 Å². The fraction of sp³-hybridized carbons (Fsp3) is 0.625. The van der Waals surface area contributed by atoms with Crippen LogP contribution in [0.25, 0.3) is 0 Å². The second kappa shape index (κ2) is 6.49. The van der Waals surface area contributed by atoms with E-state index < -0.39 is 6.10 Å². The molecule has 1 aliphatic rings. The molecule has 19 heavy (non-hydrogen) atoms. The van der Waals surface area contributed by atoms with Crippen molar-refractivity contribution in [3.8, 4) is 0 Å². The fourth-order valence-corrected chi connectivity index (χ4v) is 3.08. The molecule has 1 aromatic carbocycles. The molecule has 0 bridgehead atoms. The first kappa shape index (κ1) is 14.5. The van der Waals surface area contributed by atoms with Gasteiger partial charge in [0.2, 0.25) is 0 Å². The van der Waals surface area contributed by atoms with E-state index in [1.54, 1.807) is 26.2 Å². The van der Waals surface area contributed by atoms with E-state index in [1.165, 1.54) is 25.3 Å². The lowest BCUT2D eigenvalue weighted by Gasteiger charge is -2.32. The molecule has 3 heteroatoms. The van der Waals surface area contributed by atoms with Crippen LogP contribution >= 0.6 is 0 Å². The molecule has 0 spiro atoms. The highest BCUT2D eigenvalue weighted by Crippen LogP contribution is 2.34. The van der Waals surface area contributed by atoms with E-state index in [0.717, 1.165) is 18.4 Å². The van der Waals surface area contributed by atoms with Crippen LogP contribution in [-0.2, 0) is 4.74 Å². The molecule has 1 fully saturated rings. The molecule has 0 aromatic heterocycles. The van der Waals surface area contributed by atoms with Gasteiger partial charge >= 0.3 is 0 Å². The van der Waals surface area contributed by atoms with Crippen LogP contribution in [0.2, 0.25) is 0 Å². The molecular formula is C16H23FO2. The van der Waals surface area contributed by atoms with Crippen LogP contribution in [0.3, 0.4) is 0 Å². The van der Waals surface area contributed by atoms with E-state index in [0.29, 0.717) is 11.5 Å². The van der Waals surface area contributed by atoms with E-state index in [9.17, 15) is 9.50 Å². The molecule has 1 saturated carbocycles. The van der Waals surface area contributed by atoms with E-state index in [4.69, 9.17) is 4.74 Å². The summed E-state index contributed by atoms with van der Waals surface area (Å²) in [5.41, 5.74) is 1.31. The predicted molar refractivity (Wildman–Crippen MR) is 73.5 cm³/mol. The Hall–Kier alpha value is -0.930. The van der Waals surface area contributed by atoms with Crippen LogP contribution in [0.5, 0.6) is 0 Å². The largest absolute Gasteiger partial charge is 0.386 e. The summed E-state index contributed by atoms with van der Waals surface area (Å²) in [7, 11) is 1.65. The Morgan fingerprint density at radius 2 is 1.95 bits per heavy atom. The van der Waals surface area contributed by atoms with Gasteiger partial charge in [0.05, 0.1) is 6.10 Å². The third-order valence-electron chi connectivity index (χ3n) is 4.22. The van der Waals surface area contributed by atoms with Gasteiger partial charge in [-0.25, -0.2) is 4.39 Å². The van der Waals surface area contributed by atoms with Crippen LogP contribution in [-0.4, -0.2) is 18.3 Å². The first-order chi connectivity index (χ1) is 9.13. The van der Waals surface area contributed by atoms with Gasteiger partial charge in [-0.1, -0.05) is 31.4 Å². The number of hydrogen-bond acceptors (Lipinski definition) is 2. The summed E-state index contributed by atoms with van der Waals surface area (Å²) >= 11 is 0. The number of aliphatic hydroxyl groups excluding tert-OH is 1. The van der Waals surface area contributed by atoms with E-state index in [2.05, 4.69) is 0 Å². The highest BCUT2D eigenvalue weighted by Gasteiger charge is 2.30. The van der Waals surface area contributed by atoms with E-state index in [1.807, 2.05) is 0 Å². The molecule has 2 nitrogen and oxygen atoms in total. The van der Waals surface area contributed by atoms with Gasteiger partial charge in [0, 0.05) is 7.11 Å². The third kappa shape index (κ3) is 3.34. The maximum absolute atomic E-state index is 13.3. The lowest BCUT2D eigenvalue weighted by atomic mass is 9.82. The van der Waals surface area contributed by atoms with Crippen molar-refractivity contribution in [2.24, 2.45) is 5.92 Å². The summed E-state index contributed by atoms with van der Waals surface area (Å²) in [6, 6.07) is 4.79. The SMILES string of the molecule is COC(C1CCCCC1)C(O)c1ccc(F)c(C)c1. The van der Waals surface area contributed by atoms with Crippen molar-refractivity contribution < 1.29 is 14.2 Å². The van der Waals surface area contributed by atoms with Crippen molar-refractivity contribution in [1.29, 1.82) is 0 Å². The second-order valence-corrected chi connectivity index (χ2v) is 5.55. The first-order valence-electron chi connectivity index (χ1n) is 7.10. The summed E-state index contributed by atoms with van der Waals surface area (Å²) in [5, 5.41) is 10.5. The van der Waals surface area contributed by atoms with Crippen LogP contribution in [0.1, 0.15) is 49.3 Å². The Labute approximate surface area is 114 Å². The number of rotatable bonds is 4. The maximum atomic E-state index is 13.3. The van der Waals surface area contributed by atoms with Gasteiger partial charge < -0.3 is 9.84 Å². The van der Waals surface area contributed by atoms with Crippen molar-refractivity contribution in [3.63, 3.8) is 0 Å². The Bertz CT molecular complexity index is 413. The molecule has 1 N–H and O–H groups in total. The van der Waals surface area contributed by atoms with Gasteiger partial charge in [0.1, 0.15) is 11.9 Å². The van der Waals surface area contributed by atoms with Crippen LogP contribution < -0.4 is 0 Å². The van der Waals surface area contributed by atoms with Gasteiger partial charge in [-0.2, -0.15) is 0 Å². The minimum Gasteiger partial charge on any atom is -0.386 e. The standard InChI is InChI=1S/C16H23FO2/c1-11-10-13(8-9-14(11)17)15(18)16(19-2)12-6-4-3-5-7-12/h8-10,12,15-16,18H,3-7H2,1-2H3. The highest BCUT2D eigenvalue weighted by atomic mass is 19.1.